The second-order valence-corrected chi connectivity index (χ2v) is 3.90. The van der Waals surface area contributed by atoms with E-state index in [-0.39, 0.29) is 0 Å². The Labute approximate surface area is 110 Å². The highest BCUT2D eigenvalue weighted by Crippen LogP contribution is 2.20. The lowest BCUT2D eigenvalue weighted by atomic mass is 10.1. The second kappa shape index (κ2) is 5.52. The first-order valence-corrected chi connectivity index (χ1v) is 5.62. The van der Waals surface area contributed by atoms with Gasteiger partial charge in [-0.05, 0) is 23.8 Å². The van der Waals surface area contributed by atoms with Crippen LogP contribution in [0.25, 0.3) is 0 Å². The number of benzene rings is 1. The van der Waals surface area contributed by atoms with E-state index in [0.717, 1.165) is 5.56 Å². The molecule has 1 aromatic heterocycles. The molecule has 2 rings (SSSR count). The minimum atomic E-state index is 0.447. The van der Waals surface area contributed by atoms with Crippen LogP contribution in [0.2, 0.25) is 0 Å². The van der Waals surface area contributed by atoms with E-state index in [4.69, 9.17) is 16.3 Å². The Bertz CT molecular complexity index is 629. The van der Waals surface area contributed by atoms with Crippen molar-refractivity contribution in [2.75, 3.05) is 11.1 Å². The summed E-state index contributed by atoms with van der Waals surface area (Å²) in [7, 11) is 0. The first kappa shape index (κ1) is 12.4. The number of para-hydroxylation sites is 1. The van der Waals surface area contributed by atoms with Crippen molar-refractivity contribution in [2.45, 2.75) is 6.54 Å². The van der Waals surface area contributed by atoms with Crippen LogP contribution in [0.15, 0.2) is 36.5 Å². The fourth-order valence-corrected chi connectivity index (χ4v) is 1.66. The largest absolute Gasteiger partial charge is 0.384 e. The van der Waals surface area contributed by atoms with Gasteiger partial charge in [-0.2, -0.15) is 10.5 Å². The Morgan fingerprint density at radius 2 is 1.79 bits per heavy atom. The SMILES string of the molecule is N#Cc1cccc(C#N)c1NCc1ccc(N)nc1. The molecule has 0 aliphatic rings. The van der Waals surface area contributed by atoms with Gasteiger partial charge in [0.1, 0.15) is 18.0 Å². The van der Waals surface area contributed by atoms with E-state index in [2.05, 4.69) is 22.4 Å². The van der Waals surface area contributed by atoms with E-state index in [9.17, 15) is 0 Å². The van der Waals surface area contributed by atoms with Gasteiger partial charge in [-0.15, -0.1) is 0 Å². The molecule has 3 N–H and O–H groups in total. The number of aromatic nitrogens is 1. The number of pyridine rings is 1. The molecule has 0 aliphatic heterocycles. The molecule has 0 radical (unpaired) electrons. The zero-order valence-electron chi connectivity index (χ0n) is 10.1. The predicted octanol–water partition coefficient (Wildman–Crippen LogP) is 2.02. The number of hydrogen-bond acceptors (Lipinski definition) is 5. The van der Waals surface area contributed by atoms with Gasteiger partial charge in [-0.3, -0.25) is 0 Å². The van der Waals surface area contributed by atoms with Crippen LogP contribution in [-0.2, 0) is 6.54 Å². The highest BCUT2D eigenvalue weighted by Gasteiger charge is 2.07. The zero-order chi connectivity index (χ0) is 13.7. The van der Waals surface area contributed by atoms with Crippen LogP contribution in [0.4, 0.5) is 11.5 Å². The maximum absolute atomic E-state index is 9.04. The van der Waals surface area contributed by atoms with Gasteiger partial charge in [-0.25, -0.2) is 4.98 Å². The molecule has 19 heavy (non-hydrogen) atoms. The smallest absolute Gasteiger partial charge is 0.123 e. The van der Waals surface area contributed by atoms with Gasteiger partial charge in [-0.1, -0.05) is 12.1 Å². The summed E-state index contributed by atoms with van der Waals surface area (Å²) in [5, 5.41) is 21.2. The van der Waals surface area contributed by atoms with E-state index >= 15 is 0 Å². The van der Waals surface area contributed by atoms with Gasteiger partial charge in [0, 0.05) is 12.7 Å². The third-order valence-corrected chi connectivity index (χ3v) is 2.62. The van der Waals surface area contributed by atoms with E-state index in [1.165, 1.54) is 0 Å². The molecular weight excluding hydrogens is 238 g/mol. The number of nitrogens with one attached hydrogen (secondary N) is 1. The quantitative estimate of drug-likeness (QED) is 0.867. The Kier molecular flexibility index (Phi) is 3.61. The average Bonchev–Trinajstić information content (AvgIpc) is 2.46. The summed E-state index contributed by atoms with van der Waals surface area (Å²) < 4.78 is 0. The number of rotatable bonds is 3. The summed E-state index contributed by atoms with van der Waals surface area (Å²) >= 11 is 0. The maximum atomic E-state index is 9.04. The van der Waals surface area contributed by atoms with E-state index in [0.29, 0.717) is 29.2 Å². The molecule has 0 saturated heterocycles. The van der Waals surface area contributed by atoms with Gasteiger partial charge < -0.3 is 11.1 Å². The predicted molar refractivity (Wildman–Crippen MR) is 71.8 cm³/mol. The molecule has 0 unspecified atom stereocenters. The Morgan fingerprint density at radius 1 is 1.11 bits per heavy atom. The average molecular weight is 249 g/mol. The lowest BCUT2D eigenvalue weighted by Crippen LogP contribution is -2.04. The van der Waals surface area contributed by atoms with E-state index in [1.807, 2.05) is 6.07 Å². The van der Waals surface area contributed by atoms with Gasteiger partial charge >= 0.3 is 0 Å². The van der Waals surface area contributed by atoms with Crippen molar-refractivity contribution < 1.29 is 0 Å². The van der Waals surface area contributed by atoms with E-state index in [1.54, 1.807) is 30.5 Å². The Balaban J connectivity index is 2.22. The normalized spacial score (nSPS) is 9.37. The summed E-state index contributed by atoms with van der Waals surface area (Å²) in [6, 6.07) is 12.7. The van der Waals surface area contributed by atoms with Crippen molar-refractivity contribution in [3.05, 3.63) is 53.2 Å². The van der Waals surface area contributed by atoms with Gasteiger partial charge in [0.25, 0.3) is 0 Å². The Morgan fingerprint density at radius 3 is 2.32 bits per heavy atom. The number of nitrogens with zero attached hydrogens (tertiary/aromatic N) is 3. The molecular formula is C14H11N5. The molecule has 0 bridgehead atoms. The van der Waals surface area contributed by atoms with Crippen molar-refractivity contribution in [3.8, 4) is 12.1 Å². The maximum Gasteiger partial charge on any atom is 0.123 e. The topological polar surface area (TPSA) is 98.5 Å². The number of anilines is 2. The number of hydrogen-bond donors (Lipinski definition) is 2. The summed E-state index contributed by atoms with van der Waals surface area (Å²) in [6.07, 6.45) is 1.66. The fourth-order valence-electron chi connectivity index (χ4n) is 1.66. The van der Waals surface area contributed by atoms with Gasteiger partial charge in [0.15, 0.2) is 0 Å². The molecule has 5 nitrogen and oxygen atoms in total. The van der Waals surface area contributed by atoms with Crippen LogP contribution in [-0.4, -0.2) is 4.98 Å². The summed E-state index contributed by atoms with van der Waals surface area (Å²) in [5.41, 5.74) is 7.87. The summed E-state index contributed by atoms with van der Waals surface area (Å²) in [5.74, 6) is 0.457. The fraction of sp³-hybridized carbons (Fsp3) is 0.0714. The third kappa shape index (κ3) is 2.80. The highest BCUT2D eigenvalue weighted by molar-refractivity contribution is 5.66. The molecule has 0 fully saturated rings. The van der Waals surface area contributed by atoms with Crippen LogP contribution in [0.1, 0.15) is 16.7 Å². The van der Waals surface area contributed by atoms with Crippen molar-refractivity contribution in [1.29, 1.82) is 10.5 Å². The van der Waals surface area contributed by atoms with Crippen LogP contribution < -0.4 is 11.1 Å². The lowest BCUT2D eigenvalue weighted by Gasteiger charge is -2.09. The van der Waals surface area contributed by atoms with Gasteiger partial charge in [0.2, 0.25) is 0 Å². The van der Waals surface area contributed by atoms with Crippen molar-refractivity contribution in [1.82, 2.24) is 4.98 Å². The number of nitriles is 2. The van der Waals surface area contributed by atoms with Crippen molar-refractivity contribution in [3.63, 3.8) is 0 Å². The first-order valence-electron chi connectivity index (χ1n) is 5.62. The highest BCUT2D eigenvalue weighted by atomic mass is 14.9. The zero-order valence-corrected chi connectivity index (χ0v) is 10.1. The van der Waals surface area contributed by atoms with Gasteiger partial charge in [0.05, 0.1) is 16.8 Å². The summed E-state index contributed by atoms with van der Waals surface area (Å²) in [4.78, 5) is 3.98. The van der Waals surface area contributed by atoms with Crippen LogP contribution in [0.5, 0.6) is 0 Å². The van der Waals surface area contributed by atoms with Crippen molar-refractivity contribution in [2.24, 2.45) is 0 Å². The number of nitrogen functional groups attached to an aromatic ring is 1. The second-order valence-electron chi connectivity index (χ2n) is 3.90. The standard InChI is InChI=1S/C14H11N5/c15-6-11-2-1-3-12(7-16)14(11)19-9-10-4-5-13(17)18-8-10/h1-5,8,19H,9H2,(H2,17,18). The molecule has 1 heterocycles. The monoisotopic (exact) mass is 249 g/mol. The molecule has 0 atom stereocenters. The molecule has 0 aliphatic carbocycles. The first-order chi connectivity index (χ1) is 9.24. The van der Waals surface area contributed by atoms with Crippen LogP contribution >= 0.6 is 0 Å². The van der Waals surface area contributed by atoms with Crippen LogP contribution in [0.3, 0.4) is 0 Å². The molecule has 5 heteroatoms. The molecule has 1 aromatic carbocycles. The Hall–Kier alpha value is -3.05. The minimum absolute atomic E-state index is 0.447. The minimum Gasteiger partial charge on any atom is -0.384 e. The third-order valence-electron chi connectivity index (χ3n) is 2.62. The van der Waals surface area contributed by atoms with Crippen LogP contribution in [0, 0.1) is 22.7 Å². The lowest BCUT2D eigenvalue weighted by molar-refractivity contribution is 1.11. The molecule has 0 amide bonds. The summed E-state index contributed by atoms with van der Waals surface area (Å²) in [6.45, 7) is 0.473. The van der Waals surface area contributed by atoms with E-state index < -0.39 is 0 Å². The van der Waals surface area contributed by atoms with Crippen molar-refractivity contribution >= 4 is 11.5 Å². The number of nitrogens with two attached hydrogens (primary N) is 1. The molecule has 92 valence electrons. The molecule has 2 aromatic rings. The molecule has 0 saturated carbocycles. The molecule has 0 spiro atoms.